The second-order valence-corrected chi connectivity index (χ2v) is 9.13. The molecule has 1 aliphatic heterocycles. The minimum absolute atomic E-state index is 0.152. The summed E-state index contributed by atoms with van der Waals surface area (Å²) in [6, 6.07) is 15.5. The fraction of sp³-hybridized carbons (Fsp3) is 0.250. The number of pyridine rings is 2. The van der Waals surface area contributed by atoms with Gasteiger partial charge in [0.2, 0.25) is 0 Å². The van der Waals surface area contributed by atoms with Gasteiger partial charge >= 0.3 is 6.18 Å². The minimum atomic E-state index is -4.46. The molecule has 5 rings (SSSR count). The molecule has 34 heavy (non-hydrogen) atoms. The molecular weight excluding hydrogens is 463 g/mol. The van der Waals surface area contributed by atoms with Crippen LogP contribution in [0.3, 0.4) is 0 Å². The van der Waals surface area contributed by atoms with Crippen molar-refractivity contribution >= 4 is 23.3 Å². The van der Waals surface area contributed by atoms with E-state index in [2.05, 4.69) is 15.2 Å². The third-order valence-electron chi connectivity index (χ3n) is 5.79. The molecule has 0 aliphatic carbocycles. The summed E-state index contributed by atoms with van der Waals surface area (Å²) in [4.78, 5) is 20.6. The number of hydrogen-bond acceptors (Lipinski definition) is 5. The number of benzene rings is 1. The Morgan fingerprint density at radius 2 is 1.85 bits per heavy atom. The average molecular weight is 484 g/mol. The molecule has 0 spiro atoms. The van der Waals surface area contributed by atoms with Crippen molar-refractivity contribution in [1.29, 1.82) is 0 Å². The number of piperidine rings is 1. The normalized spacial score (nSPS) is 16.7. The third-order valence-corrected chi connectivity index (χ3v) is 6.82. The van der Waals surface area contributed by atoms with E-state index in [1.165, 1.54) is 22.2 Å². The van der Waals surface area contributed by atoms with Gasteiger partial charge in [0.1, 0.15) is 10.9 Å². The first-order valence-electron chi connectivity index (χ1n) is 10.8. The van der Waals surface area contributed by atoms with Crippen LogP contribution in [0, 0.1) is 0 Å². The molecule has 4 heterocycles. The fourth-order valence-electron chi connectivity index (χ4n) is 4.13. The predicted octanol–water partition coefficient (Wildman–Crippen LogP) is 5.31. The number of fused-ring (bicyclic) bond motifs is 1. The van der Waals surface area contributed by atoms with Crippen molar-refractivity contribution in [3.63, 3.8) is 0 Å². The van der Waals surface area contributed by atoms with Gasteiger partial charge in [0.05, 0.1) is 11.1 Å². The van der Waals surface area contributed by atoms with Gasteiger partial charge in [-0.15, -0.1) is 10.2 Å². The summed E-state index contributed by atoms with van der Waals surface area (Å²) in [7, 11) is 0. The Morgan fingerprint density at radius 3 is 2.65 bits per heavy atom. The van der Waals surface area contributed by atoms with Gasteiger partial charge in [-0.25, -0.2) is 4.98 Å². The predicted molar refractivity (Wildman–Crippen MR) is 121 cm³/mol. The minimum Gasteiger partial charge on any atom is -0.338 e. The van der Waals surface area contributed by atoms with Crippen molar-refractivity contribution in [2.75, 3.05) is 13.1 Å². The van der Waals surface area contributed by atoms with E-state index in [1.54, 1.807) is 23.2 Å². The molecule has 174 valence electrons. The molecule has 1 amide bonds. The van der Waals surface area contributed by atoms with Crippen LogP contribution in [0.5, 0.6) is 0 Å². The third kappa shape index (κ3) is 4.50. The van der Waals surface area contributed by atoms with Crippen LogP contribution >= 0.6 is 11.8 Å². The lowest BCUT2D eigenvalue weighted by Gasteiger charge is -2.32. The van der Waals surface area contributed by atoms with E-state index in [-0.39, 0.29) is 11.8 Å². The zero-order valence-corrected chi connectivity index (χ0v) is 18.8. The van der Waals surface area contributed by atoms with Crippen LogP contribution in [0.15, 0.2) is 76.9 Å². The zero-order chi connectivity index (χ0) is 23.7. The molecule has 4 aromatic rings. The fourth-order valence-corrected chi connectivity index (χ4v) is 5.03. The molecule has 0 N–H and O–H groups in total. The lowest BCUT2D eigenvalue weighted by molar-refractivity contribution is -0.137. The topological polar surface area (TPSA) is 63.4 Å². The molecule has 1 atom stereocenters. The van der Waals surface area contributed by atoms with E-state index in [1.807, 2.05) is 30.3 Å². The van der Waals surface area contributed by atoms with E-state index in [0.29, 0.717) is 48.0 Å². The monoisotopic (exact) mass is 483 g/mol. The number of likely N-dealkylation sites (tertiary alicyclic amines) is 1. The number of nitrogens with zero attached hydrogens (tertiary/aromatic N) is 5. The first-order chi connectivity index (χ1) is 16.4. The Bertz CT molecular complexity index is 1330. The van der Waals surface area contributed by atoms with Gasteiger partial charge in [0, 0.05) is 36.3 Å². The second kappa shape index (κ2) is 9.09. The van der Waals surface area contributed by atoms with Crippen molar-refractivity contribution in [3.8, 4) is 0 Å². The summed E-state index contributed by atoms with van der Waals surface area (Å²) in [5.74, 6) is 0.0581. The highest BCUT2D eigenvalue weighted by atomic mass is 32.2. The van der Waals surface area contributed by atoms with E-state index in [4.69, 9.17) is 0 Å². The van der Waals surface area contributed by atoms with E-state index < -0.39 is 11.7 Å². The van der Waals surface area contributed by atoms with Gasteiger partial charge in [0.15, 0.2) is 5.65 Å². The molecule has 1 saturated heterocycles. The lowest BCUT2D eigenvalue weighted by atomic mass is 9.96. The van der Waals surface area contributed by atoms with Crippen molar-refractivity contribution < 1.29 is 18.0 Å². The Labute approximate surface area is 197 Å². The molecule has 0 radical (unpaired) electrons. The molecule has 1 fully saturated rings. The number of halogens is 3. The Morgan fingerprint density at radius 1 is 1.03 bits per heavy atom. The van der Waals surface area contributed by atoms with Crippen molar-refractivity contribution in [1.82, 2.24) is 24.5 Å². The summed E-state index contributed by atoms with van der Waals surface area (Å²) in [5.41, 5.74) is 0.0884. The average Bonchev–Trinajstić information content (AvgIpc) is 3.28. The van der Waals surface area contributed by atoms with Crippen LogP contribution in [0.1, 0.15) is 40.5 Å². The SMILES string of the molecule is O=C(c1cccnc1Sc1ccccc1)N1CCCC(c2nnc3ccc(C(F)(F)F)cn23)C1. The number of alkyl halides is 3. The van der Waals surface area contributed by atoms with E-state index in [0.717, 1.165) is 17.2 Å². The van der Waals surface area contributed by atoms with Crippen molar-refractivity contribution in [2.24, 2.45) is 0 Å². The number of hydrogen-bond donors (Lipinski definition) is 0. The van der Waals surface area contributed by atoms with Gasteiger partial charge in [-0.05, 0) is 49.2 Å². The second-order valence-electron chi connectivity index (χ2n) is 8.06. The van der Waals surface area contributed by atoms with Crippen LogP contribution in [-0.4, -0.2) is 43.5 Å². The number of rotatable bonds is 4. The van der Waals surface area contributed by atoms with Crippen LogP contribution in [-0.2, 0) is 6.18 Å². The molecule has 1 aliphatic rings. The summed E-state index contributed by atoms with van der Waals surface area (Å²) in [5, 5.41) is 8.82. The maximum Gasteiger partial charge on any atom is 0.417 e. The quantitative estimate of drug-likeness (QED) is 0.394. The van der Waals surface area contributed by atoms with E-state index in [9.17, 15) is 18.0 Å². The summed E-state index contributed by atoms with van der Waals surface area (Å²) < 4.78 is 41.1. The van der Waals surface area contributed by atoms with Gasteiger partial charge in [-0.3, -0.25) is 9.20 Å². The molecule has 1 aromatic carbocycles. The van der Waals surface area contributed by atoms with Gasteiger partial charge in [-0.1, -0.05) is 30.0 Å². The maximum absolute atomic E-state index is 13.5. The first-order valence-corrected chi connectivity index (χ1v) is 11.6. The number of carbonyl (C=O) groups is 1. The first kappa shape index (κ1) is 22.4. The zero-order valence-electron chi connectivity index (χ0n) is 17.9. The van der Waals surface area contributed by atoms with Crippen LogP contribution < -0.4 is 0 Å². The summed E-state index contributed by atoms with van der Waals surface area (Å²) >= 11 is 1.42. The molecule has 6 nitrogen and oxygen atoms in total. The largest absolute Gasteiger partial charge is 0.417 e. The number of amides is 1. The molecule has 1 unspecified atom stereocenters. The Balaban J connectivity index is 1.40. The molecule has 10 heteroatoms. The lowest BCUT2D eigenvalue weighted by Crippen LogP contribution is -2.39. The maximum atomic E-state index is 13.5. The van der Waals surface area contributed by atoms with Gasteiger partial charge in [-0.2, -0.15) is 13.2 Å². The number of aromatic nitrogens is 4. The van der Waals surface area contributed by atoms with Crippen LogP contribution in [0.25, 0.3) is 5.65 Å². The Hall–Kier alpha value is -3.40. The van der Waals surface area contributed by atoms with E-state index >= 15 is 0 Å². The standard InChI is InChI=1S/C24H20F3N5OS/c25-24(26,27)17-10-11-20-29-30-21(32(20)15-17)16-6-5-13-31(14-16)23(33)19-9-4-12-28-22(19)34-18-7-2-1-3-8-18/h1-4,7-12,15-16H,5-6,13-14H2. The van der Waals surface area contributed by atoms with Crippen molar-refractivity contribution in [3.05, 3.63) is 83.9 Å². The van der Waals surface area contributed by atoms with Crippen molar-refractivity contribution in [2.45, 2.75) is 34.9 Å². The van der Waals surface area contributed by atoms with Gasteiger partial charge < -0.3 is 4.90 Å². The molecule has 0 bridgehead atoms. The summed E-state index contributed by atoms with van der Waals surface area (Å²) in [6.45, 7) is 0.907. The highest BCUT2D eigenvalue weighted by Crippen LogP contribution is 2.33. The highest BCUT2D eigenvalue weighted by Gasteiger charge is 2.33. The highest BCUT2D eigenvalue weighted by molar-refractivity contribution is 7.99. The van der Waals surface area contributed by atoms with Crippen LogP contribution in [0.2, 0.25) is 0 Å². The smallest absolute Gasteiger partial charge is 0.338 e. The van der Waals surface area contributed by atoms with Crippen LogP contribution in [0.4, 0.5) is 13.2 Å². The Kier molecular flexibility index (Phi) is 5.99. The number of carbonyl (C=O) groups excluding carboxylic acids is 1. The molecule has 0 saturated carbocycles. The van der Waals surface area contributed by atoms with Gasteiger partial charge in [0.25, 0.3) is 5.91 Å². The molecule has 3 aromatic heterocycles. The summed E-state index contributed by atoms with van der Waals surface area (Å²) in [6.07, 6.45) is -0.356. The molecular formula is C24H20F3N5OS.